The van der Waals surface area contributed by atoms with Gasteiger partial charge >= 0.3 is 0 Å². The molecule has 0 aliphatic carbocycles. The van der Waals surface area contributed by atoms with Crippen molar-refractivity contribution >= 4 is 5.95 Å². The van der Waals surface area contributed by atoms with Gasteiger partial charge in [0.05, 0.1) is 14.2 Å². The van der Waals surface area contributed by atoms with Crippen molar-refractivity contribution in [3.05, 3.63) is 36.2 Å². The van der Waals surface area contributed by atoms with Crippen molar-refractivity contribution < 1.29 is 9.47 Å². The van der Waals surface area contributed by atoms with Gasteiger partial charge in [-0.2, -0.15) is 4.98 Å². The van der Waals surface area contributed by atoms with Gasteiger partial charge in [-0.3, -0.25) is 4.90 Å². The van der Waals surface area contributed by atoms with Crippen LogP contribution in [0.1, 0.15) is 12.0 Å². The summed E-state index contributed by atoms with van der Waals surface area (Å²) in [6.45, 7) is 2.87. The van der Waals surface area contributed by atoms with Gasteiger partial charge in [-0.15, -0.1) is 0 Å². The largest absolute Gasteiger partial charge is 0.481 e. The summed E-state index contributed by atoms with van der Waals surface area (Å²) >= 11 is 0. The first kappa shape index (κ1) is 15.5. The van der Waals surface area contributed by atoms with Crippen LogP contribution in [0.15, 0.2) is 30.6 Å². The number of rotatable bonds is 6. The van der Waals surface area contributed by atoms with E-state index >= 15 is 0 Å². The van der Waals surface area contributed by atoms with E-state index in [1.165, 1.54) is 5.56 Å². The summed E-state index contributed by atoms with van der Waals surface area (Å²) < 4.78 is 10.3. The molecule has 1 aliphatic rings. The Bertz CT molecular complexity index is 596. The molecule has 3 rings (SSSR count). The van der Waals surface area contributed by atoms with Crippen molar-refractivity contribution in [2.75, 3.05) is 32.6 Å². The van der Waals surface area contributed by atoms with E-state index in [1.54, 1.807) is 32.7 Å². The minimum atomic E-state index is 0.339. The molecule has 0 amide bonds. The topological polar surface area (TPSA) is 72.4 Å². The summed E-state index contributed by atoms with van der Waals surface area (Å²) in [5.74, 6) is 1.84. The second-order valence-corrected chi connectivity index (χ2v) is 5.49. The Kier molecular flexibility index (Phi) is 4.87. The fourth-order valence-corrected chi connectivity index (χ4v) is 2.72. The van der Waals surface area contributed by atoms with E-state index in [9.17, 15) is 0 Å². The van der Waals surface area contributed by atoms with E-state index in [2.05, 4.69) is 25.2 Å². The van der Waals surface area contributed by atoms with Crippen molar-refractivity contribution in [3.8, 4) is 11.8 Å². The second-order valence-electron chi connectivity index (χ2n) is 5.49. The van der Waals surface area contributed by atoms with Crippen LogP contribution in [0.25, 0.3) is 0 Å². The lowest BCUT2D eigenvalue weighted by molar-refractivity contribution is 0.327. The Labute approximate surface area is 135 Å². The van der Waals surface area contributed by atoms with Crippen molar-refractivity contribution in [2.45, 2.75) is 19.0 Å². The van der Waals surface area contributed by atoms with Gasteiger partial charge < -0.3 is 14.8 Å². The zero-order valence-corrected chi connectivity index (χ0v) is 13.4. The van der Waals surface area contributed by atoms with Crippen molar-refractivity contribution in [1.29, 1.82) is 0 Å². The van der Waals surface area contributed by atoms with Crippen LogP contribution in [0.2, 0.25) is 0 Å². The van der Waals surface area contributed by atoms with Crippen molar-refractivity contribution in [1.82, 2.24) is 19.9 Å². The molecule has 1 atom stereocenters. The molecule has 0 saturated carbocycles. The van der Waals surface area contributed by atoms with Crippen molar-refractivity contribution in [2.24, 2.45) is 0 Å². The minimum absolute atomic E-state index is 0.339. The molecule has 1 unspecified atom stereocenters. The average Bonchev–Trinajstić information content (AvgIpc) is 3.02. The Morgan fingerprint density at radius 2 is 2.00 bits per heavy atom. The van der Waals surface area contributed by atoms with Gasteiger partial charge in [-0.1, -0.05) is 0 Å². The molecule has 1 fully saturated rings. The number of ether oxygens (including phenoxy) is 2. The number of pyridine rings is 1. The Morgan fingerprint density at radius 1 is 1.17 bits per heavy atom. The lowest BCUT2D eigenvalue weighted by Crippen LogP contribution is -2.26. The summed E-state index contributed by atoms with van der Waals surface area (Å²) in [7, 11) is 3.24. The maximum absolute atomic E-state index is 5.17. The van der Waals surface area contributed by atoms with Crippen LogP contribution in [-0.4, -0.2) is 53.2 Å². The third-order valence-electron chi connectivity index (χ3n) is 3.86. The Morgan fingerprint density at radius 3 is 2.83 bits per heavy atom. The SMILES string of the molecule is COc1cc(CN2CCC(Nc3nccc(OC)n3)C2)ccn1. The summed E-state index contributed by atoms with van der Waals surface area (Å²) in [6.07, 6.45) is 4.54. The van der Waals surface area contributed by atoms with E-state index in [0.29, 0.717) is 23.8 Å². The van der Waals surface area contributed by atoms with Gasteiger partial charge in [0.25, 0.3) is 0 Å². The van der Waals surface area contributed by atoms with Crippen LogP contribution < -0.4 is 14.8 Å². The fraction of sp³-hybridized carbons (Fsp3) is 0.438. The zero-order chi connectivity index (χ0) is 16.1. The van der Waals surface area contributed by atoms with Gasteiger partial charge in [-0.25, -0.2) is 9.97 Å². The van der Waals surface area contributed by atoms with Gasteiger partial charge in [0.1, 0.15) is 0 Å². The van der Waals surface area contributed by atoms with E-state index < -0.39 is 0 Å². The number of methoxy groups -OCH3 is 2. The highest BCUT2D eigenvalue weighted by Gasteiger charge is 2.23. The number of anilines is 1. The predicted octanol–water partition coefficient (Wildman–Crippen LogP) is 1.58. The van der Waals surface area contributed by atoms with Crippen LogP contribution >= 0.6 is 0 Å². The molecular formula is C16H21N5O2. The van der Waals surface area contributed by atoms with Crippen molar-refractivity contribution in [3.63, 3.8) is 0 Å². The molecule has 1 saturated heterocycles. The lowest BCUT2D eigenvalue weighted by atomic mass is 10.2. The Hall–Kier alpha value is -2.41. The quantitative estimate of drug-likeness (QED) is 0.867. The number of hydrogen-bond donors (Lipinski definition) is 1. The lowest BCUT2D eigenvalue weighted by Gasteiger charge is -2.17. The number of aromatic nitrogens is 3. The molecule has 7 heteroatoms. The summed E-state index contributed by atoms with van der Waals surface area (Å²) in [5, 5.41) is 3.37. The van der Waals surface area contributed by atoms with Gasteiger partial charge in [0, 0.05) is 50.2 Å². The molecule has 0 spiro atoms. The average molecular weight is 315 g/mol. The van der Waals surface area contributed by atoms with E-state index in [1.807, 2.05) is 12.1 Å². The van der Waals surface area contributed by atoms with Crippen LogP contribution in [0.3, 0.4) is 0 Å². The summed E-state index contributed by atoms with van der Waals surface area (Å²) in [5.41, 5.74) is 1.20. The highest BCUT2D eigenvalue weighted by atomic mass is 16.5. The summed E-state index contributed by atoms with van der Waals surface area (Å²) in [6, 6.07) is 6.08. The smallest absolute Gasteiger partial charge is 0.226 e. The maximum Gasteiger partial charge on any atom is 0.226 e. The molecule has 3 heterocycles. The molecule has 7 nitrogen and oxygen atoms in total. The third-order valence-corrected chi connectivity index (χ3v) is 3.86. The third kappa shape index (κ3) is 4.07. The first-order valence-electron chi connectivity index (χ1n) is 7.61. The molecule has 0 bridgehead atoms. The maximum atomic E-state index is 5.17. The first-order valence-corrected chi connectivity index (χ1v) is 7.61. The monoisotopic (exact) mass is 315 g/mol. The highest BCUT2D eigenvalue weighted by Crippen LogP contribution is 2.18. The van der Waals surface area contributed by atoms with Gasteiger partial charge in [0.15, 0.2) is 0 Å². The van der Waals surface area contributed by atoms with E-state index in [4.69, 9.17) is 9.47 Å². The molecule has 2 aromatic heterocycles. The van der Waals surface area contributed by atoms with Crippen LogP contribution in [-0.2, 0) is 6.54 Å². The standard InChI is InChI=1S/C16H21N5O2/c1-22-14-4-7-18-16(20-14)19-13-5-8-21(11-13)10-12-3-6-17-15(9-12)23-2/h3-4,6-7,9,13H,5,8,10-11H2,1-2H3,(H,18,19,20). The van der Waals surface area contributed by atoms with Gasteiger partial charge in [0.2, 0.25) is 17.7 Å². The minimum Gasteiger partial charge on any atom is -0.481 e. The molecule has 2 aromatic rings. The molecule has 122 valence electrons. The van der Waals surface area contributed by atoms with E-state index in [0.717, 1.165) is 26.1 Å². The Balaban J connectivity index is 1.55. The fourth-order valence-electron chi connectivity index (χ4n) is 2.72. The number of hydrogen-bond acceptors (Lipinski definition) is 7. The first-order chi connectivity index (χ1) is 11.3. The van der Waals surface area contributed by atoms with E-state index in [-0.39, 0.29) is 0 Å². The van der Waals surface area contributed by atoms with Crippen LogP contribution in [0.4, 0.5) is 5.95 Å². The molecule has 0 radical (unpaired) electrons. The second kappa shape index (κ2) is 7.23. The summed E-state index contributed by atoms with van der Waals surface area (Å²) in [4.78, 5) is 15.1. The highest BCUT2D eigenvalue weighted by molar-refractivity contribution is 5.29. The molecule has 23 heavy (non-hydrogen) atoms. The number of likely N-dealkylation sites (tertiary alicyclic amines) is 1. The number of nitrogens with one attached hydrogen (secondary N) is 1. The molecular weight excluding hydrogens is 294 g/mol. The molecule has 0 aromatic carbocycles. The van der Waals surface area contributed by atoms with Crippen LogP contribution in [0.5, 0.6) is 11.8 Å². The zero-order valence-electron chi connectivity index (χ0n) is 13.4. The number of nitrogens with zero attached hydrogens (tertiary/aromatic N) is 4. The predicted molar refractivity (Wildman–Crippen MR) is 86.7 cm³/mol. The normalized spacial score (nSPS) is 17.9. The molecule has 1 N–H and O–H groups in total. The van der Waals surface area contributed by atoms with Crippen LogP contribution in [0, 0.1) is 0 Å². The van der Waals surface area contributed by atoms with Gasteiger partial charge in [-0.05, 0) is 18.1 Å². The molecule has 1 aliphatic heterocycles.